The van der Waals surface area contributed by atoms with Gasteiger partial charge in [-0.15, -0.1) is 0 Å². The molecule has 4 saturated carbocycles. The number of carbonyl (C=O) groups is 3. The van der Waals surface area contributed by atoms with Gasteiger partial charge in [-0.1, -0.05) is 47.5 Å². The van der Waals surface area contributed by atoms with Crippen molar-refractivity contribution in [3.8, 4) is 11.1 Å². The molecule has 4 heterocycles. The maximum absolute atomic E-state index is 13.9. The smallest absolute Gasteiger partial charge is 0.345 e. The van der Waals surface area contributed by atoms with Gasteiger partial charge in [-0.05, 0) is 119 Å². The molecule has 352 valence electrons. The third-order valence-electron chi connectivity index (χ3n) is 16.8. The molecule has 2 aromatic carbocycles. The normalized spacial score (nSPS) is 26.8. The van der Waals surface area contributed by atoms with Gasteiger partial charge in [-0.2, -0.15) is 8.78 Å². The number of rotatable bonds is 15. The van der Waals surface area contributed by atoms with Crippen LogP contribution in [0, 0.1) is 21.7 Å². The number of hydrogen-bond donors (Lipinski definition) is 3. The van der Waals surface area contributed by atoms with Crippen LogP contribution in [0.2, 0.25) is 10.0 Å². The quantitative estimate of drug-likeness (QED) is 0.106. The first kappa shape index (κ1) is 45.4. The van der Waals surface area contributed by atoms with Crippen molar-refractivity contribution in [2.24, 2.45) is 35.8 Å². The molecule has 13 nitrogen and oxygen atoms in total. The van der Waals surface area contributed by atoms with Crippen molar-refractivity contribution in [1.82, 2.24) is 28.9 Å². The summed E-state index contributed by atoms with van der Waals surface area (Å²) in [6, 6.07) is 10.7. The van der Waals surface area contributed by atoms with E-state index < -0.39 is 23.9 Å². The Hall–Kier alpha value is -4.41. The molecule has 0 atom stereocenters. The number of amides is 2. The van der Waals surface area contributed by atoms with Crippen LogP contribution in [0.1, 0.15) is 121 Å². The highest BCUT2D eigenvalue weighted by atomic mass is 35.5. The number of hydrogen-bond acceptors (Lipinski definition) is 8. The van der Waals surface area contributed by atoms with Crippen LogP contribution >= 0.6 is 23.2 Å². The van der Waals surface area contributed by atoms with Crippen molar-refractivity contribution in [1.29, 1.82) is 0 Å². The first-order chi connectivity index (χ1) is 31.6. The molecule has 4 fully saturated rings. The zero-order chi connectivity index (χ0) is 46.2. The zero-order valence-electron chi connectivity index (χ0n) is 37.7. The van der Waals surface area contributed by atoms with Crippen LogP contribution in [0.15, 0.2) is 36.4 Å². The Morgan fingerprint density at radius 3 is 1.62 bits per heavy atom. The summed E-state index contributed by atoms with van der Waals surface area (Å²) >= 11 is 14.0. The Labute approximate surface area is 393 Å². The second-order valence-corrected chi connectivity index (χ2v) is 21.3. The van der Waals surface area contributed by atoms with Gasteiger partial charge < -0.3 is 29.6 Å². The molecule has 2 amide bonds. The minimum atomic E-state index is -2.72. The number of halogens is 4. The van der Waals surface area contributed by atoms with Gasteiger partial charge in [0, 0.05) is 75.6 Å². The maximum Gasteiger partial charge on any atom is 0.345 e. The number of alkyl halides is 2. The van der Waals surface area contributed by atoms with E-state index in [4.69, 9.17) is 37.9 Å². The van der Waals surface area contributed by atoms with Crippen molar-refractivity contribution < 1.29 is 33.0 Å². The van der Waals surface area contributed by atoms with E-state index in [1.165, 1.54) is 0 Å². The van der Waals surface area contributed by atoms with Crippen molar-refractivity contribution in [3.63, 3.8) is 0 Å². The van der Waals surface area contributed by atoms with Crippen LogP contribution in [-0.4, -0.2) is 91.2 Å². The monoisotopic (exact) mass is 946 g/mol. The number of nitrogens with zero attached hydrogens (tertiary/aromatic N) is 6. The molecule has 0 spiro atoms. The molecule has 17 heteroatoms. The number of carboxylic acids is 1. The highest BCUT2D eigenvalue weighted by molar-refractivity contribution is 6.40. The number of ether oxygens (including phenoxy) is 1. The number of aromatic nitrogens is 4. The minimum absolute atomic E-state index is 0.106. The average Bonchev–Trinajstić information content (AvgIpc) is 4.17. The van der Waals surface area contributed by atoms with Gasteiger partial charge in [0.2, 0.25) is 0 Å². The second-order valence-electron chi connectivity index (χ2n) is 20.6. The van der Waals surface area contributed by atoms with Crippen LogP contribution < -0.4 is 10.6 Å². The standard InChI is InChI=1S/C49H58Cl2F2N8O5/c1-58-36-9-21-60(23-19-46-11-13-48(27-46,14-12-46)29-66-45(52)53)25-34(36)54-40(58)42(62)56-32-7-3-5-30(38(32)50)31-6-4-8-33(39(31)51)57-43(63)41-55-35-26-61(22-10-37(35)59(41)2)24-20-47-15-17-49(28-47,18-16-47)44(64)65/h3-8,45H,9-29H2,1-2H3,(H,56,62)(H,57,63)(H,64,65). The van der Waals surface area contributed by atoms with E-state index in [0.717, 1.165) is 139 Å². The van der Waals surface area contributed by atoms with E-state index in [1.807, 2.05) is 35.4 Å². The lowest BCUT2D eigenvalue weighted by Crippen LogP contribution is -2.34. The molecule has 0 radical (unpaired) electrons. The summed E-state index contributed by atoms with van der Waals surface area (Å²) in [4.78, 5) is 54.1. The van der Waals surface area contributed by atoms with Crippen LogP contribution in [0.4, 0.5) is 20.2 Å². The Kier molecular flexibility index (Phi) is 11.9. The van der Waals surface area contributed by atoms with Crippen LogP contribution in [0.3, 0.4) is 0 Å². The van der Waals surface area contributed by atoms with E-state index in [9.17, 15) is 28.3 Å². The summed E-state index contributed by atoms with van der Waals surface area (Å²) in [5, 5.41) is 16.4. The van der Waals surface area contributed by atoms with Gasteiger partial charge in [0.15, 0.2) is 11.6 Å². The van der Waals surface area contributed by atoms with Gasteiger partial charge in [0.1, 0.15) is 0 Å². The highest BCUT2D eigenvalue weighted by Crippen LogP contribution is 2.64. The summed E-state index contributed by atoms with van der Waals surface area (Å²) in [5.74, 6) is -0.839. The first-order valence-electron chi connectivity index (χ1n) is 23.5. The van der Waals surface area contributed by atoms with Crippen molar-refractivity contribution in [2.45, 2.75) is 110 Å². The number of aliphatic carboxylic acids is 1. The van der Waals surface area contributed by atoms with Crippen molar-refractivity contribution >= 4 is 52.4 Å². The molecule has 0 saturated heterocycles. The van der Waals surface area contributed by atoms with Gasteiger partial charge in [-0.25, -0.2) is 9.97 Å². The van der Waals surface area contributed by atoms with Gasteiger partial charge in [-0.3, -0.25) is 24.2 Å². The van der Waals surface area contributed by atoms with Gasteiger partial charge in [0.25, 0.3) is 11.8 Å². The van der Waals surface area contributed by atoms with E-state index >= 15 is 0 Å². The number of benzene rings is 2. The number of nitrogens with one attached hydrogen (secondary N) is 2. The topological polar surface area (TPSA) is 147 Å². The van der Waals surface area contributed by atoms with Crippen LogP contribution in [-0.2, 0) is 49.6 Å². The first-order valence-corrected chi connectivity index (χ1v) is 24.2. The van der Waals surface area contributed by atoms with Gasteiger partial charge in [0.05, 0.1) is 44.8 Å². The predicted molar refractivity (Wildman–Crippen MR) is 247 cm³/mol. The SMILES string of the molecule is Cn1c(C(=O)Nc2cccc(-c3cccc(NC(=O)c4nc5c(n4C)CCN(CCC46CCC(C(=O)O)(CC4)C6)C5)c3Cl)c2Cl)nc2c1CCN(CCC13CCC(COC(F)F)(CC1)C3)C2. The summed E-state index contributed by atoms with van der Waals surface area (Å²) in [6.45, 7) is 2.16. The lowest BCUT2D eigenvalue weighted by molar-refractivity contribution is -0.151. The van der Waals surface area contributed by atoms with Crippen molar-refractivity contribution in [2.75, 3.05) is 43.4 Å². The number of carboxylic acid groups (broad SMARTS) is 1. The molecule has 6 aliphatic rings. The Balaban J connectivity index is 0.766. The summed E-state index contributed by atoms with van der Waals surface area (Å²) in [7, 11) is 3.72. The van der Waals surface area contributed by atoms with Crippen LogP contribution in [0.5, 0.6) is 0 Å². The Bertz CT molecular complexity index is 2580. The molecule has 4 aliphatic carbocycles. The molecular formula is C49H58Cl2F2N8O5. The Morgan fingerprint density at radius 2 is 1.17 bits per heavy atom. The van der Waals surface area contributed by atoms with Crippen molar-refractivity contribution in [3.05, 3.63) is 80.9 Å². The lowest BCUT2D eigenvalue weighted by Gasteiger charge is -2.32. The molecular weight excluding hydrogens is 889 g/mol. The molecule has 10 rings (SSSR count). The summed E-state index contributed by atoms with van der Waals surface area (Å²) in [6.07, 6.45) is 12.8. The molecule has 2 aromatic heterocycles. The fourth-order valence-corrected chi connectivity index (χ4v) is 13.5. The van der Waals surface area contributed by atoms with E-state index in [-0.39, 0.29) is 50.5 Å². The molecule has 66 heavy (non-hydrogen) atoms. The lowest BCUT2D eigenvalue weighted by atomic mass is 9.80. The fraction of sp³-hybridized carbons (Fsp3) is 0.571. The molecule has 0 unspecified atom stereocenters. The maximum atomic E-state index is 13.9. The molecule has 2 aliphatic heterocycles. The average molecular weight is 948 g/mol. The third-order valence-corrected chi connectivity index (χ3v) is 17.7. The number of fused-ring (bicyclic) bond motifs is 6. The summed E-state index contributed by atoms with van der Waals surface area (Å²) < 4.78 is 34.1. The van der Waals surface area contributed by atoms with E-state index in [2.05, 4.69) is 20.4 Å². The summed E-state index contributed by atoms with van der Waals surface area (Å²) in [5.41, 5.74) is 5.41. The van der Waals surface area contributed by atoms with Crippen LogP contribution in [0.25, 0.3) is 11.1 Å². The minimum Gasteiger partial charge on any atom is -0.481 e. The fourth-order valence-electron chi connectivity index (χ4n) is 13.0. The molecule has 4 bridgehead atoms. The highest BCUT2D eigenvalue weighted by Gasteiger charge is 2.58. The largest absolute Gasteiger partial charge is 0.481 e. The predicted octanol–water partition coefficient (Wildman–Crippen LogP) is 9.35. The molecule has 3 N–H and O–H groups in total. The number of anilines is 2. The van der Waals surface area contributed by atoms with E-state index in [0.29, 0.717) is 35.6 Å². The van der Waals surface area contributed by atoms with Gasteiger partial charge >= 0.3 is 12.6 Å². The number of imidazole rings is 2. The van der Waals surface area contributed by atoms with E-state index in [1.54, 1.807) is 24.3 Å². The Morgan fingerprint density at radius 1 is 0.712 bits per heavy atom. The third kappa shape index (κ3) is 8.24. The number of carbonyl (C=O) groups excluding carboxylic acids is 2. The zero-order valence-corrected chi connectivity index (χ0v) is 39.2. The second kappa shape index (κ2) is 17.3. The molecule has 4 aromatic rings.